The maximum Gasteiger partial charge on any atom is 0.138 e. The van der Waals surface area contributed by atoms with E-state index in [-0.39, 0.29) is 11.2 Å². The molecule has 1 aromatic rings. The van der Waals surface area contributed by atoms with E-state index in [4.69, 9.17) is 17.3 Å². The third kappa shape index (κ3) is 1.52. The molecule has 0 aromatic heterocycles. The predicted octanol–water partition coefficient (Wildman–Crippen LogP) is 3.04. The Balaban J connectivity index is 2.60. The van der Waals surface area contributed by atoms with E-state index in [0.717, 1.165) is 29.5 Å². The van der Waals surface area contributed by atoms with Crippen LogP contribution >= 0.6 is 11.6 Å². The Morgan fingerprint density at radius 3 is 2.44 bits per heavy atom. The van der Waals surface area contributed by atoms with Crippen LogP contribution in [0.4, 0.5) is 0 Å². The predicted molar refractivity (Wildman–Crippen MR) is 67.2 cm³/mol. The van der Waals surface area contributed by atoms with E-state index in [1.54, 1.807) is 0 Å². The van der Waals surface area contributed by atoms with Gasteiger partial charge in [0.1, 0.15) is 5.75 Å². The standard InChI is InChI=1S/C13H18ClNO/c1-8-6-9(2)11(14)12(16)10(8)13(7-15)4-3-5-13/h6,16H,3-5,7,15H2,1-2H3. The number of phenolic OH excluding ortho intramolecular Hbond substituents is 1. The summed E-state index contributed by atoms with van der Waals surface area (Å²) < 4.78 is 0. The molecule has 1 fully saturated rings. The molecule has 0 spiro atoms. The van der Waals surface area contributed by atoms with Crippen molar-refractivity contribution in [3.63, 3.8) is 0 Å². The molecule has 0 atom stereocenters. The second-order valence-electron chi connectivity index (χ2n) is 4.89. The first-order chi connectivity index (χ1) is 7.52. The summed E-state index contributed by atoms with van der Waals surface area (Å²) in [4.78, 5) is 0. The molecule has 0 aliphatic heterocycles. The molecular formula is C13H18ClNO. The number of nitrogens with two attached hydrogens (primary N) is 1. The fourth-order valence-electron chi connectivity index (χ4n) is 2.77. The van der Waals surface area contributed by atoms with E-state index in [9.17, 15) is 5.11 Å². The normalized spacial score (nSPS) is 18.2. The van der Waals surface area contributed by atoms with Crippen molar-refractivity contribution >= 4 is 11.6 Å². The van der Waals surface area contributed by atoms with Crippen molar-refractivity contribution in [1.29, 1.82) is 0 Å². The number of hydrogen-bond donors (Lipinski definition) is 2. The highest BCUT2D eigenvalue weighted by Crippen LogP contribution is 2.49. The number of benzene rings is 1. The summed E-state index contributed by atoms with van der Waals surface area (Å²) in [6.45, 7) is 4.52. The van der Waals surface area contributed by atoms with Gasteiger partial charge in [-0.2, -0.15) is 0 Å². The summed E-state index contributed by atoms with van der Waals surface area (Å²) in [5.41, 5.74) is 8.83. The minimum absolute atomic E-state index is 0.0362. The summed E-state index contributed by atoms with van der Waals surface area (Å²) >= 11 is 6.11. The molecule has 2 rings (SSSR count). The monoisotopic (exact) mass is 239 g/mol. The third-order valence-corrected chi connectivity index (χ3v) is 4.33. The molecule has 0 unspecified atom stereocenters. The molecule has 0 amide bonds. The van der Waals surface area contributed by atoms with Crippen molar-refractivity contribution in [2.75, 3.05) is 6.54 Å². The Morgan fingerprint density at radius 1 is 1.38 bits per heavy atom. The number of aromatic hydroxyl groups is 1. The van der Waals surface area contributed by atoms with Gasteiger partial charge in [0.05, 0.1) is 5.02 Å². The minimum atomic E-state index is -0.0362. The highest BCUT2D eigenvalue weighted by Gasteiger charge is 2.40. The fraction of sp³-hybridized carbons (Fsp3) is 0.538. The van der Waals surface area contributed by atoms with E-state index >= 15 is 0 Å². The van der Waals surface area contributed by atoms with E-state index in [1.807, 2.05) is 19.9 Å². The van der Waals surface area contributed by atoms with Gasteiger partial charge in [0.25, 0.3) is 0 Å². The fourth-order valence-corrected chi connectivity index (χ4v) is 2.92. The zero-order valence-electron chi connectivity index (χ0n) is 9.81. The lowest BCUT2D eigenvalue weighted by Gasteiger charge is -2.43. The van der Waals surface area contributed by atoms with E-state index in [2.05, 4.69) is 0 Å². The molecule has 0 bridgehead atoms. The van der Waals surface area contributed by atoms with Crippen LogP contribution in [0.15, 0.2) is 6.07 Å². The first-order valence-corrected chi connectivity index (χ1v) is 6.09. The molecule has 0 saturated heterocycles. The maximum absolute atomic E-state index is 10.2. The van der Waals surface area contributed by atoms with Gasteiger partial charge in [0, 0.05) is 17.5 Å². The molecule has 1 aliphatic rings. The van der Waals surface area contributed by atoms with Crippen molar-refractivity contribution in [1.82, 2.24) is 0 Å². The lowest BCUT2D eigenvalue weighted by atomic mass is 9.63. The molecule has 16 heavy (non-hydrogen) atoms. The highest BCUT2D eigenvalue weighted by molar-refractivity contribution is 6.33. The van der Waals surface area contributed by atoms with Gasteiger partial charge in [-0.05, 0) is 37.8 Å². The Labute approximate surface area is 101 Å². The van der Waals surface area contributed by atoms with E-state index in [0.29, 0.717) is 11.6 Å². The maximum atomic E-state index is 10.2. The average Bonchev–Trinajstić information content (AvgIpc) is 2.18. The number of halogens is 1. The van der Waals surface area contributed by atoms with Crippen LogP contribution < -0.4 is 5.73 Å². The van der Waals surface area contributed by atoms with Crippen molar-refractivity contribution < 1.29 is 5.11 Å². The summed E-state index contributed by atoms with van der Waals surface area (Å²) in [5.74, 6) is 0.240. The van der Waals surface area contributed by atoms with E-state index < -0.39 is 0 Å². The van der Waals surface area contributed by atoms with Crippen molar-refractivity contribution in [2.45, 2.75) is 38.5 Å². The van der Waals surface area contributed by atoms with Crippen LogP contribution in [0, 0.1) is 13.8 Å². The lowest BCUT2D eigenvalue weighted by molar-refractivity contribution is 0.244. The topological polar surface area (TPSA) is 46.2 Å². The Morgan fingerprint density at radius 2 is 2.00 bits per heavy atom. The molecule has 3 N–H and O–H groups in total. The molecule has 1 aliphatic carbocycles. The van der Waals surface area contributed by atoms with Gasteiger partial charge >= 0.3 is 0 Å². The Kier molecular flexibility index (Phi) is 2.89. The van der Waals surface area contributed by atoms with Gasteiger partial charge in [-0.25, -0.2) is 0 Å². The van der Waals surface area contributed by atoms with Crippen molar-refractivity contribution in [2.24, 2.45) is 5.73 Å². The van der Waals surface area contributed by atoms with Crippen LogP contribution in [0.1, 0.15) is 36.0 Å². The van der Waals surface area contributed by atoms with Gasteiger partial charge in [0.15, 0.2) is 0 Å². The molecule has 0 heterocycles. The molecule has 1 saturated carbocycles. The van der Waals surface area contributed by atoms with Gasteiger partial charge in [0.2, 0.25) is 0 Å². The number of hydrogen-bond acceptors (Lipinski definition) is 2. The zero-order chi connectivity index (χ0) is 11.9. The largest absolute Gasteiger partial charge is 0.506 e. The van der Waals surface area contributed by atoms with E-state index in [1.165, 1.54) is 6.42 Å². The van der Waals surface area contributed by atoms with Crippen LogP contribution in [0.2, 0.25) is 5.02 Å². The highest BCUT2D eigenvalue weighted by atomic mass is 35.5. The lowest BCUT2D eigenvalue weighted by Crippen LogP contribution is -2.42. The zero-order valence-corrected chi connectivity index (χ0v) is 10.6. The second-order valence-corrected chi connectivity index (χ2v) is 5.26. The summed E-state index contributed by atoms with van der Waals surface area (Å²) in [6.07, 6.45) is 3.29. The number of rotatable bonds is 2. The molecule has 3 heteroatoms. The Hall–Kier alpha value is -0.730. The van der Waals surface area contributed by atoms with Gasteiger partial charge in [-0.1, -0.05) is 24.1 Å². The smallest absolute Gasteiger partial charge is 0.138 e. The molecular weight excluding hydrogens is 222 g/mol. The quantitative estimate of drug-likeness (QED) is 0.833. The van der Waals surface area contributed by atoms with Crippen LogP contribution in [-0.2, 0) is 5.41 Å². The Bertz CT molecular complexity index is 419. The average molecular weight is 240 g/mol. The molecule has 1 aromatic carbocycles. The minimum Gasteiger partial charge on any atom is -0.506 e. The second kappa shape index (κ2) is 3.94. The number of phenols is 1. The first kappa shape index (κ1) is 11.7. The van der Waals surface area contributed by atoms with Gasteiger partial charge < -0.3 is 10.8 Å². The SMILES string of the molecule is Cc1cc(C)c(C2(CN)CCC2)c(O)c1Cl. The summed E-state index contributed by atoms with van der Waals surface area (Å²) in [5, 5.41) is 10.7. The third-order valence-electron chi connectivity index (χ3n) is 3.85. The molecule has 2 nitrogen and oxygen atoms in total. The van der Waals surface area contributed by atoms with Crippen LogP contribution in [0.5, 0.6) is 5.75 Å². The summed E-state index contributed by atoms with van der Waals surface area (Å²) in [6, 6.07) is 2.03. The van der Waals surface area contributed by atoms with Gasteiger partial charge in [-0.15, -0.1) is 0 Å². The molecule has 88 valence electrons. The van der Waals surface area contributed by atoms with Crippen LogP contribution in [-0.4, -0.2) is 11.7 Å². The summed E-state index contributed by atoms with van der Waals surface area (Å²) in [7, 11) is 0. The van der Waals surface area contributed by atoms with Gasteiger partial charge in [-0.3, -0.25) is 0 Å². The first-order valence-electron chi connectivity index (χ1n) is 5.71. The van der Waals surface area contributed by atoms with Crippen molar-refractivity contribution in [3.05, 3.63) is 27.8 Å². The van der Waals surface area contributed by atoms with Crippen molar-refractivity contribution in [3.8, 4) is 5.75 Å². The van der Waals surface area contributed by atoms with Crippen LogP contribution in [0.25, 0.3) is 0 Å². The van der Waals surface area contributed by atoms with Crippen LogP contribution in [0.3, 0.4) is 0 Å². The number of aryl methyl sites for hydroxylation is 2. The molecule has 0 radical (unpaired) electrons.